The highest BCUT2D eigenvalue weighted by molar-refractivity contribution is 9.10. The van der Waals surface area contributed by atoms with Crippen molar-refractivity contribution >= 4 is 32.9 Å². The fourth-order valence-electron chi connectivity index (χ4n) is 2.15. The van der Waals surface area contributed by atoms with Gasteiger partial charge in [-0.1, -0.05) is 40.2 Å². The van der Waals surface area contributed by atoms with Crippen LogP contribution in [-0.4, -0.2) is 22.5 Å². The lowest BCUT2D eigenvalue weighted by molar-refractivity contribution is 0.0520. The standard InChI is InChI=1S/C17H13BrN2O2/c1-2-22-17(21)16-15(11-7-9-12(18)10-8-11)19-13-5-3-4-6-14(13)20-16/h3-10H,2H2,1H3. The molecule has 0 N–H and O–H groups in total. The molecule has 0 saturated carbocycles. The fourth-order valence-corrected chi connectivity index (χ4v) is 2.42. The number of ether oxygens (including phenoxy) is 1. The van der Waals surface area contributed by atoms with Crippen molar-refractivity contribution in [3.63, 3.8) is 0 Å². The van der Waals surface area contributed by atoms with E-state index in [1.165, 1.54) is 0 Å². The van der Waals surface area contributed by atoms with Gasteiger partial charge in [0.1, 0.15) is 5.69 Å². The van der Waals surface area contributed by atoms with Crippen LogP contribution in [0.15, 0.2) is 53.0 Å². The fraction of sp³-hybridized carbons (Fsp3) is 0.118. The van der Waals surface area contributed by atoms with Crippen molar-refractivity contribution in [3.05, 3.63) is 58.7 Å². The number of esters is 1. The van der Waals surface area contributed by atoms with E-state index in [0.717, 1.165) is 15.6 Å². The second-order valence-electron chi connectivity index (χ2n) is 4.64. The summed E-state index contributed by atoms with van der Waals surface area (Å²) in [5.74, 6) is -0.460. The van der Waals surface area contributed by atoms with E-state index < -0.39 is 5.97 Å². The van der Waals surface area contributed by atoms with Gasteiger partial charge in [0, 0.05) is 10.0 Å². The summed E-state index contributed by atoms with van der Waals surface area (Å²) in [5.41, 5.74) is 3.01. The molecule has 0 atom stereocenters. The van der Waals surface area contributed by atoms with Gasteiger partial charge in [-0.15, -0.1) is 0 Å². The predicted octanol–water partition coefficient (Wildman–Crippen LogP) is 4.24. The summed E-state index contributed by atoms with van der Waals surface area (Å²) in [7, 11) is 0. The topological polar surface area (TPSA) is 52.1 Å². The summed E-state index contributed by atoms with van der Waals surface area (Å²) in [4.78, 5) is 21.3. The molecule has 3 aromatic rings. The first-order valence-electron chi connectivity index (χ1n) is 6.89. The maximum absolute atomic E-state index is 12.2. The Hall–Kier alpha value is -2.27. The third kappa shape index (κ3) is 2.85. The number of halogens is 1. The molecule has 0 amide bonds. The first-order chi connectivity index (χ1) is 10.7. The van der Waals surface area contributed by atoms with E-state index in [-0.39, 0.29) is 5.69 Å². The quantitative estimate of drug-likeness (QED) is 0.658. The maximum atomic E-state index is 12.2. The first-order valence-corrected chi connectivity index (χ1v) is 7.68. The van der Waals surface area contributed by atoms with E-state index in [1.807, 2.05) is 48.5 Å². The molecule has 3 rings (SSSR count). The van der Waals surface area contributed by atoms with Crippen LogP contribution in [0.4, 0.5) is 0 Å². The zero-order valence-corrected chi connectivity index (χ0v) is 13.5. The van der Waals surface area contributed by atoms with Gasteiger partial charge in [-0.25, -0.2) is 14.8 Å². The van der Waals surface area contributed by atoms with Gasteiger partial charge in [-0.3, -0.25) is 0 Å². The Kier molecular flexibility index (Phi) is 4.15. The predicted molar refractivity (Wildman–Crippen MR) is 88.6 cm³/mol. The van der Waals surface area contributed by atoms with Crippen molar-refractivity contribution in [1.82, 2.24) is 9.97 Å². The molecular formula is C17H13BrN2O2. The molecule has 0 bridgehead atoms. The van der Waals surface area contributed by atoms with E-state index in [2.05, 4.69) is 25.9 Å². The monoisotopic (exact) mass is 356 g/mol. The summed E-state index contributed by atoms with van der Waals surface area (Å²) >= 11 is 3.40. The maximum Gasteiger partial charge on any atom is 0.359 e. The smallest absolute Gasteiger partial charge is 0.359 e. The van der Waals surface area contributed by atoms with Gasteiger partial charge in [0.25, 0.3) is 0 Å². The van der Waals surface area contributed by atoms with Crippen molar-refractivity contribution in [2.45, 2.75) is 6.92 Å². The van der Waals surface area contributed by atoms with Crippen molar-refractivity contribution < 1.29 is 9.53 Å². The molecule has 0 spiro atoms. The summed E-state index contributed by atoms with van der Waals surface area (Å²) < 4.78 is 6.07. The Morgan fingerprint density at radius 1 is 1.05 bits per heavy atom. The Morgan fingerprint density at radius 3 is 2.32 bits per heavy atom. The molecule has 4 nitrogen and oxygen atoms in total. The van der Waals surface area contributed by atoms with E-state index in [1.54, 1.807) is 6.92 Å². The largest absolute Gasteiger partial charge is 0.461 e. The highest BCUT2D eigenvalue weighted by Gasteiger charge is 2.18. The van der Waals surface area contributed by atoms with Gasteiger partial charge in [0.15, 0.2) is 5.69 Å². The molecule has 110 valence electrons. The minimum atomic E-state index is -0.460. The number of nitrogens with zero attached hydrogens (tertiary/aromatic N) is 2. The summed E-state index contributed by atoms with van der Waals surface area (Å²) in [6.07, 6.45) is 0. The zero-order chi connectivity index (χ0) is 15.5. The van der Waals surface area contributed by atoms with Crippen LogP contribution in [0.5, 0.6) is 0 Å². The van der Waals surface area contributed by atoms with Crippen molar-refractivity contribution in [3.8, 4) is 11.3 Å². The number of para-hydroxylation sites is 2. The Morgan fingerprint density at radius 2 is 1.68 bits per heavy atom. The molecule has 0 unspecified atom stereocenters. The number of benzene rings is 2. The van der Waals surface area contributed by atoms with Crippen LogP contribution in [0.3, 0.4) is 0 Å². The molecule has 0 saturated heterocycles. The number of hydrogen-bond donors (Lipinski definition) is 0. The van der Waals surface area contributed by atoms with Crippen molar-refractivity contribution in [2.75, 3.05) is 6.61 Å². The molecule has 0 fully saturated rings. The molecule has 2 aromatic carbocycles. The summed E-state index contributed by atoms with van der Waals surface area (Å²) in [6.45, 7) is 2.07. The molecule has 0 aliphatic carbocycles. The molecule has 5 heteroatoms. The van der Waals surface area contributed by atoms with E-state index >= 15 is 0 Å². The van der Waals surface area contributed by atoms with Crippen molar-refractivity contribution in [1.29, 1.82) is 0 Å². The van der Waals surface area contributed by atoms with Gasteiger partial charge in [-0.2, -0.15) is 0 Å². The Bertz CT molecular complexity index is 832. The third-order valence-corrected chi connectivity index (χ3v) is 3.69. The van der Waals surface area contributed by atoms with Crippen LogP contribution in [-0.2, 0) is 4.74 Å². The van der Waals surface area contributed by atoms with Crippen LogP contribution in [0.2, 0.25) is 0 Å². The van der Waals surface area contributed by atoms with Crippen molar-refractivity contribution in [2.24, 2.45) is 0 Å². The lowest BCUT2D eigenvalue weighted by Crippen LogP contribution is -2.10. The number of carbonyl (C=O) groups excluding carboxylic acids is 1. The lowest BCUT2D eigenvalue weighted by atomic mass is 10.1. The molecule has 1 aromatic heterocycles. The Balaban J connectivity index is 2.22. The van der Waals surface area contributed by atoms with Gasteiger partial charge in [0.05, 0.1) is 17.6 Å². The Labute approximate surface area is 136 Å². The highest BCUT2D eigenvalue weighted by Crippen LogP contribution is 2.25. The molecule has 1 heterocycles. The summed E-state index contributed by atoms with van der Waals surface area (Å²) in [5, 5.41) is 0. The van der Waals surface area contributed by atoms with Crippen LogP contribution in [0, 0.1) is 0 Å². The molecule has 0 radical (unpaired) electrons. The van der Waals surface area contributed by atoms with Crippen LogP contribution in [0.1, 0.15) is 17.4 Å². The molecule has 0 aliphatic rings. The lowest BCUT2D eigenvalue weighted by Gasteiger charge is -2.09. The SMILES string of the molecule is CCOC(=O)c1nc2ccccc2nc1-c1ccc(Br)cc1. The zero-order valence-electron chi connectivity index (χ0n) is 11.9. The number of rotatable bonds is 3. The first kappa shape index (κ1) is 14.7. The number of aromatic nitrogens is 2. The summed E-state index contributed by atoms with van der Waals surface area (Å²) in [6, 6.07) is 15.1. The molecule has 22 heavy (non-hydrogen) atoms. The van der Waals surface area contributed by atoms with Crippen LogP contribution in [0.25, 0.3) is 22.3 Å². The minimum Gasteiger partial charge on any atom is -0.461 e. The van der Waals surface area contributed by atoms with Gasteiger partial charge in [0.2, 0.25) is 0 Å². The normalized spacial score (nSPS) is 10.6. The van der Waals surface area contributed by atoms with Gasteiger partial charge < -0.3 is 4.74 Å². The van der Waals surface area contributed by atoms with E-state index in [9.17, 15) is 4.79 Å². The van der Waals surface area contributed by atoms with Gasteiger partial charge in [-0.05, 0) is 31.2 Å². The average Bonchev–Trinajstić information content (AvgIpc) is 2.54. The van der Waals surface area contributed by atoms with Gasteiger partial charge >= 0.3 is 5.97 Å². The highest BCUT2D eigenvalue weighted by atomic mass is 79.9. The van der Waals surface area contributed by atoms with E-state index in [0.29, 0.717) is 17.8 Å². The minimum absolute atomic E-state index is 0.239. The van der Waals surface area contributed by atoms with Crippen LogP contribution >= 0.6 is 15.9 Å². The second kappa shape index (κ2) is 6.23. The second-order valence-corrected chi connectivity index (χ2v) is 5.55. The number of hydrogen-bond acceptors (Lipinski definition) is 4. The average molecular weight is 357 g/mol. The number of carbonyl (C=O) groups is 1. The van der Waals surface area contributed by atoms with E-state index in [4.69, 9.17) is 4.74 Å². The molecular weight excluding hydrogens is 344 g/mol. The number of fused-ring (bicyclic) bond motifs is 1. The molecule has 0 aliphatic heterocycles. The third-order valence-electron chi connectivity index (χ3n) is 3.16. The van der Waals surface area contributed by atoms with Crippen LogP contribution < -0.4 is 0 Å².